The molecule has 1 aromatic heterocycles. The molecule has 2 amide bonds. The molecule has 4 N–H and O–H groups in total. The average molecular weight is 446 g/mol. The number of aromatic nitrogens is 1. The van der Waals surface area contributed by atoms with Gasteiger partial charge in [0.15, 0.2) is 9.92 Å². The Bertz CT molecular complexity index is 1180. The van der Waals surface area contributed by atoms with Crippen molar-refractivity contribution >= 4 is 33.0 Å². The monoisotopic (exact) mass is 445 g/mol. The van der Waals surface area contributed by atoms with Gasteiger partial charge in [-0.25, -0.2) is 19.1 Å². The van der Waals surface area contributed by atoms with Gasteiger partial charge < -0.3 is 10.4 Å². The van der Waals surface area contributed by atoms with Gasteiger partial charge in [0, 0.05) is 11.1 Å². The molecule has 8 nitrogen and oxygen atoms in total. The van der Waals surface area contributed by atoms with Crippen LogP contribution in [-0.4, -0.2) is 20.3 Å². The van der Waals surface area contributed by atoms with E-state index in [9.17, 15) is 19.4 Å². The van der Waals surface area contributed by atoms with Crippen LogP contribution in [0.1, 0.15) is 60.2 Å². The molecule has 0 fully saturated rings. The number of hydrogen-bond donors (Lipinski definition) is 3. The highest BCUT2D eigenvalue weighted by Gasteiger charge is 2.30. The van der Waals surface area contributed by atoms with E-state index in [0.717, 1.165) is 77.7 Å². The van der Waals surface area contributed by atoms with Gasteiger partial charge in [0.25, 0.3) is 0 Å². The van der Waals surface area contributed by atoms with Gasteiger partial charge in [-0.2, -0.15) is 5.26 Å². The number of rotatable bonds is 3. The number of anilines is 1. The van der Waals surface area contributed by atoms with Crippen LogP contribution in [0.5, 0.6) is 0 Å². The first kappa shape index (κ1) is 20.9. The van der Waals surface area contributed by atoms with Gasteiger partial charge in [0.1, 0.15) is 5.60 Å². The predicted octanol–water partition coefficient (Wildman–Crippen LogP) is 3.15. The molecule has 1 heterocycles. The molecule has 0 saturated carbocycles. The Kier molecular flexibility index (Phi) is 5.18. The lowest BCUT2D eigenvalue weighted by Gasteiger charge is -2.17. The van der Waals surface area contributed by atoms with E-state index in [0.29, 0.717) is 11.4 Å². The zero-order valence-electron chi connectivity index (χ0n) is 16.8. The van der Waals surface area contributed by atoms with E-state index in [1.807, 2.05) is 0 Å². The molecule has 2 aliphatic rings. The third-order valence-corrected chi connectivity index (χ3v) is 8.23. The molecule has 158 valence electrons. The first-order valence-electron chi connectivity index (χ1n) is 9.75. The number of amides is 2. The summed E-state index contributed by atoms with van der Waals surface area (Å²) in [7, 11) is -3.55. The summed E-state index contributed by atoms with van der Waals surface area (Å²) in [5.41, 5.74) is 4.56. The Labute approximate surface area is 179 Å². The standard InChI is InChI=1S/C20H23N5O3S2/c1-20(2,27)16-10-29-19(23-16)30(22,28)25-18(26)24-17-13-7-3-5-11(13)15(9-21)12-6-4-8-14(12)17/h10,27H,3-8H2,1-2H3,(H3,22,24,25,26,28). The lowest BCUT2D eigenvalue weighted by molar-refractivity contribution is 0.0741. The summed E-state index contributed by atoms with van der Waals surface area (Å²) >= 11 is 0.995. The van der Waals surface area contributed by atoms with Crippen LogP contribution in [0, 0.1) is 11.3 Å². The van der Waals surface area contributed by atoms with Crippen molar-refractivity contribution < 1.29 is 14.1 Å². The highest BCUT2D eigenvalue weighted by Crippen LogP contribution is 2.41. The van der Waals surface area contributed by atoms with Crippen molar-refractivity contribution in [1.82, 2.24) is 4.98 Å². The van der Waals surface area contributed by atoms with Crippen molar-refractivity contribution in [3.63, 3.8) is 0 Å². The second-order valence-electron chi connectivity index (χ2n) is 8.13. The molecular formula is C20H23N5O3S2. The maximum absolute atomic E-state index is 12.9. The summed E-state index contributed by atoms with van der Waals surface area (Å²) in [6.07, 6.45) is 5.06. The topological polar surface area (TPSA) is 141 Å². The van der Waals surface area contributed by atoms with Crippen molar-refractivity contribution in [3.05, 3.63) is 38.9 Å². The van der Waals surface area contributed by atoms with E-state index in [4.69, 9.17) is 5.14 Å². The zero-order valence-corrected chi connectivity index (χ0v) is 18.5. The van der Waals surface area contributed by atoms with Crippen molar-refractivity contribution in [2.24, 2.45) is 9.50 Å². The van der Waals surface area contributed by atoms with Gasteiger partial charge in [0.2, 0.25) is 4.34 Å². The lowest BCUT2D eigenvalue weighted by atomic mass is 9.93. The molecule has 0 aliphatic heterocycles. The van der Waals surface area contributed by atoms with E-state index >= 15 is 0 Å². The first-order chi connectivity index (χ1) is 14.1. The van der Waals surface area contributed by atoms with E-state index in [2.05, 4.69) is 20.7 Å². The number of aliphatic hydroxyl groups is 1. The molecule has 0 bridgehead atoms. The van der Waals surface area contributed by atoms with Crippen molar-refractivity contribution in [1.29, 1.82) is 5.26 Å². The Morgan fingerprint density at radius 3 is 2.33 bits per heavy atom. The van der Waals surface area contributed by atoms with Gasteiger partial charge >= 0.3 is 6.03 Å². The minimum atomic E-state index is -3.55. The third kappa shape index (κ3) is 3.63. The maximum Gasteiger partial charge on any atom is 0.354 e. The van der Waals surface area contributed by atoms with Gasteiger partial charge in [-0.3, -0.25) is 0 Å². The summed E-state index contributed by atoms with van der Waals surface area (Å²) < 4.78 is 16.6. The zero-order chi connectivity index (χ0) is 21.7. The highest BCUT2D eigenvalue weighted by molar-refractivity contribution is 7.93. The van der Waals surface area contributed by atoms with Gasteiger partial charge in [-0.1, -0.05) is 0 Å². The number of nitriles is 1. The lowest BCUT2D eigenvalue weighted by Crippen LogP contribution is -2.20. The number of hydrogen-bond acceptors (Lipinski definition) is 6. The molecule has 10 heteroatoms. The van der Waals surface area contributed by atoms with Crippen LogP contribution in [-0.2, 0) is 41.2 Å². The molecule has 4 rings (SSSR count). The molecule has 1 atom stereocenters. The van der Waals surface area contributed by atoms with Crippen LogP contribution in [0.3, 0.4) is 0 Å². The van der Waals surface area contributed by atoms with Crippen molar-refractivity contribution in [2.75, 3.05) is 5.32 Å². The number of urea groups is 1. The summed E-state index contributed by atoms with van der Waals surface area (Å²) in [6.45, 7) is 3.11. The Balaban J connectivity index is 1.69. The largest absolute Gasteiger partial charge is 0.384 e. The number of carbonyl (C=O) groups is 1. The second kappa shape index (κ2) is 7.42. The smallest absolute Gasteiger partial charge is 0.354 e. The fraction of sp³-hybridized carbons (Fsp3) is 0.450. The van der Waals surface area contributed by atoms with Gasteiger partial charge in [0.05, 0.1) is 17.3 Å². The van der Waals surface area contributed by atoms with Crippen LogP contribution >= 0.6 is 11.3 Å². The summed E-state index contributed by atoms with van der Waals surface area (Å²) in [6, 6.07) is 1.56. The molecule has 1 unspecified atom stereocenters. The van der Waals surface area contributed by atoms with Crippen LogP contribution in [0.4, 0.5) is 10.5 Å². The number of benzene rings is 1. The molecule has 0 saturated heterocycles. The predicted molar refractivity (Wildman–Crippen MR) is 115 cm³/mol. The summed E-state index contributed by atoms with van der Waals surface area (Å²) in [5, 5.41) is 29.9. The van der Waals surface area contributed by atoms with Gasteiger partial charge in [-0.15, -0.1) is 15.7 Å². The number of thiazole rings is 1. The van der Waals surface area contributed by atoms with Crippen LogP contribution in [0.15, 0.2) is 14.1 Å². The Morgan fingerprint density at radius 1 is 1.27 bits per heavy atom. The number of nitrogens with zero attached hydrogens (tertiary/aromatic N) is 3. The fourth-order valence-corrected chi connectivity index (χ4v) is 6.32. The summed E-state index contributed by atoms with van der Waals surface area (Å²) in [5.74, 6) is 0. The molecule has 1 aromatic carbocycles. The van der Waals surface area contributed by atoms with E-state index < -0.39 is 21.5 Å². The van der Waals surface area contributed by atoms with E-state index in [1.165, 1.54) is 0 Å². The van der Waals surface area contributed by atoms with Gasteiger partial charge in [-0.05, 0) is 74.6 Å². The minimum Gasteiger partial charge on any atom is -0.384 e. The quantitative estimate of drug-likeness (QED) is 0.665. The number of nitrogens with two attached hydrogens (primary N) is 1. The molecule has 30 heavy (non-hydrogen) atoms. The van der Waals surface area contributed by atoms with E-state index in [1.54, 1.807) is 19.2 Å². The Morgan fingerprint density at radius 2 is 1.83 bits per heavy atom. The first-order valence-corrected chi connectivity index (χ1v) is 12.2. The average Bonchev–Trinajstić information content (AvgIpc) is 3.40. The van der Waals surface area contributed by atoms with Crippen LogP contribution in [0.2, 0.25) is 0 Å². The third-order valence-electron chi connectivity index (χ3n) is 5.57. The number of carbonyl (C=O) groups excluding carboxylic acids is 1. The van der Waals surface area contributed by atoms with Crippen molar-refractivity contribution in [2.45, 2.75) is 62.3 Å². The minimum absolute atomic E-state index is 0.00920. The maximum atomic E-state index is 12.9. The number of fused-ring (bicyclic) bond motifs is 2. The number of nitrogens with one attached hydrogen (secondary N) is 1. The SMILES string of the molecule is CC(C)(O)c1csc(S(N)(=O)=NC(=O)Nc2c3c(c(C#N)c4c2CCC4)CCC3)n1. The Hall–Kier alpha value is -2.32. The fourth-order valence-electron chi connectivity index (χ4n) is 4.21. The molecule has 0 radical (unpaired) electrons. The highest BCUT2D eigenvalue weighted by atomic mass is 32.2. The van der Waals surface area contributed by atoms with Crippen molar-refractivity contribution in [3.8, 4) is 6.07 Å². The van der Waals surface area contributed by atoms with Crippen LogP contribution < -0.4 is 10.5 Å². The second-order valence-corrected chi connectivity index (χ2v) is 11.0. The summed E-state index contributed by atoms with van der Waals surface area (Å²) in [4.78, 5) is 16.8. The normalized spacial score (nSPS) is 17.0. The van der Waals surface area contributed by atoms with Crippen LogP contribution in [0.25, 0.3) is 0 Å². The van der Waals surface area contributed by atoms with E-state index in [-0.39, 0.29) is 4.34 Å². The molecule has 2 aromatic rings. The molecule has 2 aliphatic carbocycles. The molecule has 0 spiro atoms. The molecular weight excluding hydrogens is 422 g/mol.